The highest BCUT2D eigenvalue weighted by molar-refractivity contribution is 6.03. The van der Waals surface area contributed by atoms with Crippen LogP contribution in [0.4, 0.5) is 0 Å². The maximum atomic E-state index is 13.1. The highest BCUT2D eigenvalue weighted by Crippen LogP contribution is 2.62. The normalized spacial score (nSPS) is 29.9. The van der Waals surface area contributed by atoms with E-state index in [1.54, 1.807) is 0 Å². The molecule has 5 nitrogen and oxygen atoms in total. The number of nitrogens with zero attached hydrogens (tertiary/aromatic N) is 1. The summed E-state index contributed by atoms with van der Waals surface area (Å²) in [7, 11) is 1.36. The van der Waals surface area contributed by atoms with Crippen LogP contribution in [0.2, 0.25) is 0 Å². The summed E-state index contributed by atoms with van der Waals surface area (Å²) in [5.41, 5.74) is -0.323. The second kappa shape index (κ2) is 7.91. The Morgan fingerprint density at radius 1 is 1.23 bits per heavy atom. The molecule has 2 aliphatic rings. The number of hydrogen-bond donors (Lipinski definition) is 0. The van der Waals surface area contributed by atoms with E-state index in [1.165, 1.54) is 14.0 Å². The SMILES string of the molecule is COC(=O)C1(CC2(C)CCC(CC#N)C2(C)C)CC(C(C)=O)=C(c2ccccc2)O1. The van der Waals surface area contributed by atoms with Gasteiger partial charge in [-0.2, -0.15) is 5.26 Å². The molecule has 30 heavy (non-hydrogen) atoms. The van der Waals surface area contributed by atoms with Crippen LogP contribution in [0, 0.1) is 28.1 Å². The van der Waals surface area contributed by atoms with Crippen LogP contribution in [0.1, 0.15) is 65.4 Å². The Balaban J connectivity index is 2.01. The molecule has 1 aliphatic heterocycles. The summed E-state index contributed by atoms with van der Waals surface area (Å²) >= 11 is 0. The topological polar surface area (TPSA) is 76.4 Å². The first kappa shape index (κ1) is 22.1. The van der Waals surface area contributed by atoms with E-state index in [-0.39, 0.29) is 29.0 Å². The van der Waals surface area contributed by atoms with Crippen LogP contribution in [0.25, 0.3) is 5.76 Å². The van der Waals surface area contributed by atoms with Gasteiger partial charge in [0.25, 0.3) is 0 Å². The number of rotatable bonds is 6. The van der Waals surface area contributed by atoms with E-state index in [9.17, 15) is 14.9 Å². The van der Waals surface area contributed by atoms with Crippen molar-refractivity contribution in [3.8, 4) is 6.07 Å². The third-order valence-corrected chi connectivity index (χ3v) is 7.69. The van der Waals surface area contributed by atoms with Crippen molar-refractivity contribution in [2.24, 2.45) is 16.7 Å². The molecule has 0 saturated heterocycles. The fraction of sp³-hybridized carbons (Fsp3) is 0.560. The van der Waals surface area contributed by atoms with Gasteiger partial charge in [-0.15, -0.1) is 0 Å². The maximum Gasteiger partial charge on any atom is 0.350 e. The van der Waals surface area contributed by atoms with Crippen molar-refractivity contribution in [1.29, 1.82) is 5.26 Å². The Morgan fingerprint density at radius 2 is 1.90 bits per heavy atom. The monoisotopic (exact) mass is 409 g/mol. The molecule has 1 aromatic carbocycles. The van der Waals surface area contributed by atoms with Crippen LogP contribution in [0.15, 0.2) is 35.9 Å². The number of carbonyl (C=O) groups is 2. The summed E-state index contributed by atoms with van der Waals surface area (Å²) in [6.07, 6.45) is 2.97. The summed E-state index contributed by atoms with van der Waals surface area (Å²) < 4.78 is 11.6. The van der Waals surface area contributed by atoms with Crippen molar-refractivity contribution < 1.29 is 19.1 Å². The Hall–Kier alpha value is -2.61. The molecule has 1 fully saturated rings. The Bertz CT molecular complexity index is 911. The van der Waals surface area contributed by atoms with Gasteiger partial charge < -0.3 is 9.47 Å². The van der Waals surface area contributed by atoms with Crippen LogP contribution in [0.3, 0.4) is 0 Å². The molecule has 1 saturated carbocycles. The second-order valence-electron chi connectivity index (χ2n) is 9.55. The van der Waals surface area contributed by atoms with Crippen molar-refractivity contribution >= 4 is 17.5 Å². The number of carbonyl (C=O) groups excluding carboxylic acids is 2. The van der Waals surface area contributed by atoms with Gasteiger partial charge in [0.2, 0.25) is 5.60 Å². The zero-order chi connectivity index (χ0) is 22.2. The first-order chi connectivity index (χ1) is 14.1. The quantitative estimate of drug-likeness (QED) is 0.614. The number of ether oxygens (including phenoxy) is 2. The van der Waals surface area contributed by atoms with Crippen LogP contribution < -0.4 is 0 Å². The fourth-order valence-corrected chi connectivity index (χ4v) is 5.32. The summed E-state index contributed by atoms with van der Waals surface area (Å²) in [4.78, 5) is 25.6. The lowest BCUT2D eigenvalue weighted by Crippen LogP contribution is -2.48. The van der Waals surface area contributed by atoms with Crippen molar-refractivity contribution in [1.82, 2.24) is 0 Å². The molecular formula is C25H31NO4. The van der Waals surface area contributed by atoms with E-state index in [2.05, 4.69) is 26.8 Å². The van der Waals surface area contributed by atoms with Crippen LogP contribution in [-0.4, -0.2) is 24.5 Å². The molecule has 1 aromatic rings. The first-order valence-electron chi connectivity index (χ1n) is 10.5. The highest BCUT2D eigenvalue weighted by Gasteiger charge is 2.59. The Morgan fingerprint density at radius 3 is 2.47 bits per heavy atom. The molecule has 5 heteroatoms. The van der Waals surface area contributed by atoms with Crippen LogP contribution in [0.5, 0.6) is 0 Å². The minimum absolute atomic E-state index is 0.0992. The number of nitriles is 1. The largest absolute Gasteiger partial charge is 0.474 e. The highest BCUT2D eigenvalue weighted by atomic mass is 16.6. The second-order valence-corrected chi connectivity index (χ2v) is 9.55. The van der Waals surface area contributed by atoms with E-state index < -0.39 is 11.6 Å². The lowest BCUT2D eigenvalue weighted by molar-refractivity contribution is -0.165. The number of methoxy groups -OCH3 is 1. The molecule has 3 atom stereocenters. The van der Waals surface area contributed by atoms with Crippen LogP contribution >= 0.6 is 0 Å². The number of ketones is 1. The van der Waals surface area contributed by atoms with Crippen molar-refractivity contribution in [2.75, 3.05) is 7.11 Å². The standard InChI is InChI=1S/C25H31NO4/c1-17(27)20-15-25(22(28)29-5,30-21(20)18-9-7-6-8-10-18)16-24(4)13-11-19(12-14-26)23(24,2)3/h6-10,19H,11-13,15-16H2,1-5H3. The van der Waals surface area contributed by atoms with E-state index >= 15 is 0 Å². The lowest BCUT2D eigenvalue weighted by atomic mass is 9.60. The minimum Gasteiger partial charge on any atom is -0.474 e. The first-order valence-corrected chi connectivity index (χ1v) is 10.5. The fourth-order valence-electron chi connectivity index (χ4n) is 5.32. The van der Waals surface area contributed by atoms with Gasteiger partial charge in [-0.3, -0.25) is 4.79 Å². The average molecular weight is 410 g/mol. The van der Waals surface area contributed by atoms with E-state index in [0.29, 0.717) is 24.2 Å². The molecule has 0 N–H and O–H groups in total. The maximum absolute atomic E-state index is 13.1. The average Bonchev–Trinajstić information content (AvgIpc) is 3.20. The predicted octanol–water partition coefficient (Wildman–Crippen LogP) is 5.07. The molecule has 0 aromatic heterocycles. The molecule has 0 bridgehead atoms. The molecule has 0 radical (unpaired) electrons. The molecule has 1 heterocycles. The predicted molar refractivity (Wildman–Crippen MR) is 114 cm³/mol. The van der Waals surface area contributed by atoms with E-state index in [1.807, 2.05) is 30.3 Å². The Kier molecular flexibility index (Phi) is 5.82. The number of hydrogen-bond acceptors (Lipinski definition) is 5. The molecule has 3 rings (SSSR count). The van der Waals surface area contributed by atoms with Gasteiger partial charge in [0.15, 0.2) is 5.78 Å². The lowest BCUT2D eigenvalue weighted by Gasteiger charge is -2.45. The summed E-state index contributed by atoms with van der Waals surface area (Å²) in [6, 6.07) is 11.8. The number of Topliss-reactive ketones (excluding diaryl/α,β-unsaturated/α-hetero) is 1. The van der Waals surface area contributed by atoms with Crippen molar-refractivity contribution in [3.63, 3.8) is 0 Å². The zero-order valence-electron chi connectivity index (χ0n) is 18.6. The van der Waals surface area contributed by atoms with Gasteiger partial charge in [-0.25, -0.2) is 4.79 Å². The van der Waals surface area contributed by atoms with Gasteiger partial charge >= 0.3 is 5.97 Å². The van der Waals surface area contributed by atoms with Gasteiger partial charge in [0.1, 0.15) is 5.76 Å². The summed E-state index contributed by atoms with van der Waals surface area (Å²) in [5.74, 6) is 0.185. The van der Waals surface area contributed by atoms with E-state index in [4.69, 9.17) is 9.47 Å². The van der Waals surface area contributed by atoms with Gasteiger partial charge in [0.05, 0.1) is 13.2 Å². The Labute approximate surface area is 179 Å². The molecule has 0 amide bonds. The van der Waals surface area contributed by atoms with Gasteiger partial charge in [0, 0.05) is 30.4 Å². The van der Waals surface area contributed by atoms with Gasteiger partial charge in [-0.05, 0) is 36.5 Å². The smallest absolute Gasteiger partial charge is 0.350 e. The molecule has 1 aliphatic carbocycles. The third kappa shape index (κ3) is 3.53. The number of esters is 1. The molecule has 160 valence electrons. The molecule has 0 spiro atoms. The minimum atomic E-state index is -1.24. The van der Waals surface area contributed by atoms with Crippen LogP contribution in [-0.2, 0) is 19.1 Å². The van der Waals surface area contributed by atoms with Crippen molar-refractivity contribution in [3.05, 3.63) is 41.5 Å². The van der Waals surface area contributed by atoms with Gasteiger partial charge in [-0.1, -0.05) is 51.1 Å². The summed E-state index contributed by atoms with van der Waals surface area (Å²) in [6.45, 7) is 8.05. The van der Waals surface area contributed by atoms with Crippen molar-refractivity contribution in [2.45, 2.75) is 65.4 Å². The third-order valence-electron chi connectivity index (χ3n) is 7.69. The number of benzene rings is 1. The summed E-state index contributed by atoms with van der Waals surface area (Å²) in [5, 5.41) is 9.25. The zero-order valence-corrected chi connectivity index (χ0v) is 18.6. The molecule has 3 unspecified atom stereocenters. The molecular weight excluding hydrogens is 378 g/mol. The van der Waals surface area contributed by atoms with E-state index in [0.717, 1.165) is 18.4 Å².